The first kappa shape index (κ1) is 12.0. The highest BCUT2D eigenvalue weighted by atomic mass is 35.5. The molecule has 0 aromatic carbocycles. The number of hydrogen-bond acceptors (Lipinski definition) is 3. The molecule has 0 bridgehead atoms. The summed E-state index contributed by atoms with van der Waals surface area (Å²) in [6, 6.07) is 1.41. The van der Waals surface area contributed by atoms with Gasteiger partial charge in [0.2, 0.25) is 0 Å². The van der Waals surface area contributed by atoms with Crippen LogP contribution in [0.15, 0.2) is 10.9 Å². The lowest BCUT2D eigenvalue weighted by Crippen LogP contribution is -2.25. The second kappa shape index (κ2) is 5.23. The van der Waals surface area contributed by atoms with Gasteiger partial charge < -0.3 is 0 Å². The van der Waals surface area contributed by atoms with Crippen LogP contribution in [0.3, 0.4) is 0 Å². The highest BCUT2D eigenvalue weighted by Gasteiger charge is 2.28. The molecule has 0 unspecified atom stereocenters. The summed E-state index contributed by atoms with van der Waals surface area (Å²) in [4.78, 5) is 16.1. The van der Waals surface area contributed by atoms with Gasteiger partial charge in [-0.05, 0) is 18.6 Å². The molecule has 88 valence electrons. The molecule has 3 nitrogen and oxygen atoms in total. The summed E-state index contributed by atoms with van der Waals surface area (Å²) >= 11 is 7.66. The first-order chi connectivity index (χ1) is 7.72. The summed E-state index contributed by atoms with van der Waals surface area (Å²) in [5, 5.41) is 0.325. The predicted molar refractivity (Wildman–Crippen MR) is 68.5 cm³/mol. The van der Waals surface area contributed by atoms with Gasteiger partial charge in [-0.3, -0.25) is 9.36 Å². The fourth-order valence-electron chi connectivity index (χ4n) is 1.67. The Morgan fingerprint density at radius 1 is 1.62 bits per heavy atom. The SMILES string of the molecule is CCSCCn1c(C2CC2)nc(Cl)cc1=O. The highest BCUT2D eigenvalue weighted by molar-refractivity contribution is 7.99. The Morgan fingerprint density at radius 3 is 3.00 bits per heavy atom. The van der Waals surface area contributed by atoms with Crippen molar-refractivity contribution >= 4 is 23.4 Å². The average Bonchev–Trinajstić information content (AvgIpc) is 3.04. The number of hydrogen-bond donors (Lipinski definition) is 0. The fraction of sp³-hybridized carbons (Fsp3) is 0.636. The van der Waals surface area contributed by atoms with Crippen molar-refractivity contribution in [1.29, 1.82) is 0 Å². The largest absolute Gasteiger partial charge is 0.296 e. The highest BCUT2D eigenvalue weighted by Crippen LogP contribution is 2.38. The van der Waals surface area contributed by atoms with E-state index < -0.39 is 0 Å². The van der Waals surface area contributed by atoms with Crippen molar-refractivity contribution in [2.75, 3.05) is 11.5 Å². The molecule has 16 heavy (non-hydrogen) atoms. The van der Waals surface area contributed by atoms with Gasteiger partial charge in [0.15, 0.2) is 0 Å². The number of thioether (sulfide) groups is 1. The molecular formula is C11H15ClN2OS. The molecule has 1 heterocycles. The monoisotopic (exact) mass is 258 g/mol. The van der Waals surface area contributed by atoms with Crippen molar-refractivity contribution in [1.82, 2.24) is 9.55 Å². The maximum absolute atomic E-state index is 11.8. The van der Waals surface area contributed by atoms with E-state index in [1.54, 1.807) is 4.57 Å². The van der Waals surface area contributed by atoms with Crippen LogP contribution in [0.2, 0.25) is 5.15 Å². The number of aromatic nitrogens is 2. The number of halogens is 1. The van der Waals surface area contributed by atoms with Crippen molar-refractivity contribution in [3.05, 3.63) is 27.4 Å². The van der Waals surface area contributed by atoms with Gasteiger partial charge >= 0.3 is 0 Å². The first-order valence-corrected chi connectivity index (χ1v) is 7.10. The van der Waals surface area contributed by atoms with Crippen molar-refractivity contribution in [3.63, 3.8) is 0 Å². The van der Waals surface area contributed by atoms with Crippen LogP contribution in [0, 0.1) is 0 Å². The molecule has 0 radical (unpaired) electrons. The summed E-state index contributed by atoms with van der Waals surface area (Å²) in [6.45, 7) is 2.86. The van der Waals surface area contributed by atoms with Crippen LogP contribution in [-0.2, 0) is 6.54 Å². The minimum atomic E-state index is -0.0152. The lowest BCUT2D eigenvalue weighted by molar-refractivity contribution is 0.653. The van der Waals surface area contributed by atoms with E-state index in [1.807, 2.05) is 11.8 Å². The molecule has 0 amide bonds. The lowest BCUT2D eigenvalue weighted by Gasteiger charge is -2.10. The molecule has 1 saturated carbocycles. The normalized spacial score (nSPS) is 15.4. The molecule has 1 fully saturated rings. The van der Waals surface area contributed by atoms with Crippen molar-refractivity contribution in [2.45, 2.75) is 32.2 Å². The third-order valence-electron chi connectivity index (χ3n) is 2.61. The third kappa shape index (κ3) is 2.80. The average molecular weight is 259 g/mol. The van der Waals surface area contributed by atoms with Gasteiger partial charge in [-0.1, -0.05) is 18.5 Å². The van der Waals surface area contributed by atoms with Gasteiger partial charge in [0.1, 0.15) is 11.0 Å². The van der Waals surface area contributed by atoms with Crippen LogP contribution in [0.4, 0.5) is 0 Å². The van der Waals surface area contributed by atoms with E-state index in [1.165, 1.54) is 6.07 Å². The second-order valence-electron chi connectivity index (χ2n) is 3.90. The van der Waals surface area contributed by atoms with Gasteiger partial charge in [0, 0.05) is 24.3 Å². The van der Waals surface area contributed by atoms with E-state index in [0.29, 0.717) is 11.1 Å². The van der Waals surface area contributed by atoms with E-state index in [-0.39, 0.29) is 5.56 Å². The van der Waals surface area contributed by atoms with Crippen LogP contribution in [-0.4, -0.2) is 21.1 Å². The Labute approximate surface area is 104 Å². The molecule has 0 aliphatic heterocycles. The van der Waals surface area contributed by atoms with E-state index in [2.05, 4.69) is 11.9 Å². The van der Waals surface area contributed by atoms with Crippen LogP contribution in [0.1, 0.15) is 31.5 Å². The summed E-state index contributed by atoms with van der Waals surface area (Å²) < 4.78 is 1.78. The molecule has 0 atom stereocenters. The Balaban J connectivity index is 2.23. The van der Waals surface area contributed by atoms with Crippen LogP contribution >= 0.6 is 23.4 Å². The van der Waals surface area contributed by atoms with Gasteiger partial charge in [-0.25, -0.2) is 4.98 Å². The Kier molecular flexibility index (Phi) is 3.92. The molecule has 1 aliphatic rings. The Bertz CT molecular complexity index is 428. The van der Waals surface area contributed by atoms with E-state index in [0.717, 1.165) is 36.7 Å². The zero-order chi connectivity index (χ0) is 11.5. The van der Waals surface area contributed by atoms with Crippen molar-refractivity contribution < 1.29 is 0 Å². The summed E-state index contributed by atoms with van der Waals surface area (Å²) in [5.74, 6) is 3.38. The molecule has 1 aliphatic carbocycles. The van der Waals surface area contributed by atoms with E-state index in [9.17, 15) is 4.79 Å². The quantitative estimate of drug-likeness (QED) is 0.601. The first-order valence-electron chi connectivity index (χ1n) is 5.57. The molecule has 5 heteroatoms. The minimum absolute atomic E-state index is 0.0152. The minimum Gasteiger partial charge on any atom is -0.296 e. The van der Waals surface area contributed by atoms with Crippen LogP contribution in [0.25, 0.3) is 0 Å². The maximum Gasteiger partial charge on any atom is 0.255 e. The molecule has 1 aromatic rings. The number of nitrogens with zero attached hydrogens (tertiary/aromatic N) is 2. The summed E-state index contributed by atoms with van der Waals surface area (Å²) in [6.07, 6.45) is 2.27. The lowest BCUT2D eigenvalue weighted by atomic mass is 10.3. The van der Waals surface area contributed by atoms with Gasteiger partial charge in [-0.2, -0.15) is 11.8 Å². The maximum atomic E-state index is 11.8. The summed E-state index contributed by atoms with van der Waals surface area (Å²) in [5.41, 5.74) is -0.0152. The van der Waals surface area contributed by atoms with Crippen LogP contribution in [0.5, 0.6) is 0 Å². The zero-order valence-corrected chi connectivity index (χ0v) is 10.9. The van der Waals surface area contributed by atoms with E-state index in [4.69, 9.17) is 11.6 Å². The molecular weight excluding hydrogens is 244 g/mol. The standard InChI is InChI=1S/C11H15ClN2OS/c1-2-16-6-5-14-10(15)7-9(12)13-11(14)8-3-4-8/h7-8H,2-6H2,1H3. The van der Waals surface area contributed by atoms with E-state index >= 15 is 0 Å². The Morgan fingerprint density at radius 2 is 2.38 bits per heavy atom. The van der Waals surface area contributed by atoms with Crippen molar-refractivity contribution in [3.8, 4) is 0 Å². The van der Waals surface area contributed by atoms with Gasteiger partial charge in [-0.15, -0.1) is 0 Å². The molecule has 0 N–H and O–H groups in total. The number of rotatable bonds is 5. The molecule has 0 spiro atoms. The van der Waals surface area contributed by atoms with Gasteiger partial charge in [0.25, 0.3) is 5.56 Å². The smallest absolute Gasteiger partial charge is 0.255 e. The third-order valence-corrected chi connectivity index (χ3v) is 3.69. The topological polar surface area (TPSA) is 34.9 Å². The zero-order valence-electron chi connectivity index (χ0n) is 9.28. The van der Waals surface area contributed by atoms with Gasteiger partial charge in [0.05, 0.1) is 0 Å². The molecule has 0 saturated heterocycles. The Hall–Kier alpha value is -0.480. The predicted octanol–water partition coefficient (Wildman–Crippen LogP) is 2.53. The fourth-order valence-corrected chi connectivity index (χ4v) is 2.45. The summed E-state index contributed by atoms with van der Waals surface area (Å²) in [7, 11) is 0. The van der Waals surface area contributed by atoms with Crippen LogP contribution < -0.4 is 5.56 Å². The van der Waals surface area contributed by atoms with Crippen molar-refractivity contribution in [2.24, 2.45) is 0 Å². The molecule has 2 rings (SSSR count). The second-order valence-corrected chi connectivity index (χ2v) is 5.68. The molecule has 1 aromatic heterocycles.